The van der Waals surface area contributed by atoms with Crippen LogP contribution in [-0.4, -0.2) is 40.9 Å². The van der Waals surface area contributed by atoms with Gasteiger partial charge in [0.05, 0.1) is 0 Å². The summed E-state index contributed by atoms with van der Waals surface area (Å²) < 4.78 is 10.0. The van der Waals surface area contributed by atoms with Gasteiger partial charge in [-0.2, -0.15) is 0 Å². The first-order valence-corrected chi connectivity index (χ1v) is 29.4. The fourth-order valence-electron chi connectivity index (χ4n) is 7.43. The van der Waals surface area contributed by atoms with Crippen LogP contribution in [0.25, 0.3) is 60.9 Å². The van der Waals surface area contributed by atoms with Gasteiger partial charge in [0.15, 0.2) is 0 Å². The molecule has 0 bridgehead atoms. The third-order valence-electron chi connectivity index (χ3n) is 10.4. The molecule has 7 aromatic rings. The molecule has 264 valence electrons. The van der Waals surface area contributed by atoms with E-state index in [9.17, 15) is 0 Å². The Hall–Kier alpha value is -4.27. The molecule has 0 saturated heterocycles. The van der Waals surface area contributed by atoms with Crippen molar-refractivity contribution in [1.29, 1.82) is 0 Å². The fourth-order valence-corrected chi connectivity index (χ4v) is 10.9. The molecule has 0 fully saturated rings. The van der Waals surface area contributed by atoms with Gasteiger partial charge < -0.3 is 0 Å². The van der Waals surface area contributed by atoms with Gasteiger partial charge in [-0.25, -0.2) is 0 Å². The van der Waals surface area contributed by atoms with Crippen molar-refractivity contribution in [2.24, 2.45) is 0 Å². The molecule has 4 heterocycles. The van der Waals surface area contributed by atoms with Gasteiger partial charge in [0.1, 0.15) is 0 Å². The first-order valence-electron chi connectivity index (χ1n) is 18.5. The number of para-hydroxylation sites is 1. The van der Waals surface area contributed by atoms with Crippen molar-refractivity contribution >= 4 is 63.9 Å². The van der Waals surface area contributed by atoms with Gasteiger partial charge in [-0.05, 0) is 17.0 Å². The van der Waals surface area contributed by atoms with Crippen LogP contribution in [0.15, 0.2) is 84.9 Å². The number of hydrogen-bond donors (Lipinski definition) is 0. The molecule has 0 amide bonds. The van der Waals surface area contributed by atoms with Crippen LogP contribution in [0.4, 0.5) is 0 Å². The summed E-state index contributed by atoms with van der Waals surface area (Å²) in [5, 5.41) is 5.06. The Labute approximate surface area is 311 Å². The Bertz CT molecular complexity index is 2560. The predicted octanol–water partition coefficient (Wildman–Crippen LogP) is 11.2. The zero-order valence-electron chi connectivity index (χ0n) is 32.8. The number of pyridine rings is 1. The zero-order chi connectivity index (χ0) is 37.1. The van der Waals surface area contributed by atoms with E-state index >= 15 is 0 Å². The van der Waals surface area contributed by atoms with Crippen LogP contribution in [0.3, 0.4) is 0 Å². The molecular formula is C45H50GeN4OSi. The molecule has 0 saturated carbocycles. The van der Waals surface area contributed by atoms with Crippen LogP contribution >= 0.6 is 0 Å². The van der Waals surface area contributed by atoms with E-state index in [0.717, 1.165) is 55.4 Å². The molecular weight excluding hydrogens is 713 g/mol. The van der Waals surface area contributed by atoms with Crippen molar-refractivity contribution in [2.75, 3.05) is 0 Å². The second-order valence-corrected chi connectivity index (χ2v) is 34.1. The van der Waals surface area contributed by atoms with Crippen LogP contribution in [0, 0.1) is 0 Å². The first-order chi connectivity index (χ1) is 24.3. The molecule has 0 radical (unpaired) electrons. The third kappa shape index (κ3) is 5.79. The molecule has 7 heteroatoms. The van der Waals surface area contributed by atoms with Crippen LogP contribution in [0.5, 0.6) is 11.5 Å². The molecule has 5 nitrogen and oxygen atoms in total. The van der Waals surface area contributed by atoms with Crippen LogP contribution in [0.1, 0.15) is 52.8 Å². The Kier molecular flexibility index (Phi) is 7.77. The molecule has 3 aromatic heterocycles. The minimum atomic E-state index is -2.38. The van der Waals surface area contributed by atoms with Crippen molar-refractivity contribution in [3.63, 3.8) is 0 Å². The van der Waals surface area contributed by atoms with Gasteiger partial charge in [0.2, 0.25) is 0 Å². The molecule has 1 aliphatic heterocycles. The van der Waals surface area contributed by atoms with Crippen molar-refractivity contribution in [1.82, 2.24) is 19.5 Å². The quantitative estimate of drug-likeness (QED) is 0.168. The van der Waals surface area contributed by atoms with Crippen molar-refractivity contribution < 1.29 is 4.74 Å². The van der Waals surface area contributed by atoms with E-state index in [1.807, 2.05) is 12.1 Å². The number of nitrogens with zero attached hydrogens (tertiary/aromatic N) is 4. The van der Waals surface area contributed by atoms with Crippen molar-refractivity contribution in [2.45, 2.75) is 89.3 Å². The molecule has 0 spiro atoms. The number of aromatic nitrogens is 4. The number of benzene rings is 4. The number of hydrogen-bond acceptors (Lipinski definition) is 4. The minimum absolute atomic E-state index is 0.00918. The summed E-state index contributed by atoms with van der Waals surface area (Å²) in [5.41, 5.74) is 11.0. The number of fused-ring (bicyclic) bond motifs is 5. The summed E-state index contributed by atoms with van der Waals surface area (Å²) in [5.74, 6) is 8.72. The van der Waals surface area contributed by atoms with E-state index in [1.165, 1.54) is 38.1 Å². The molecule has 0 N–H and O–H groups in total. The SMILES string of the molecule is CC(C)(C)c1cc(-c2cc([Si](C)(C)C)c3c4ccccc4n(-c4ccc5c(c4)-c4n[c]([Ge]([CH3])([CH3])[CH3])nc6cccc(c46)O5)c3c2)nc(C(C)(C)C)c1. The van der Waals surface area contributed by atoms with E-state index in [2.05, 4.69) is 156 Å². The zero-order valence-corrected chi connectivity index (χ0v) is 35.9. The summed E-state index contributed by atoms with van der Waals surface area (Å²) in [7, 11) is -1.86. The van der Waals surface area contributed by atoms with Gasteiger partial charge in [0.25, 0.3) is 0 Å². The average Bonchev–Trinajstić information content (AvgIpc) is 3.40. The van der Waals surface area contributed by atoms with Crippen LogP contribution in [-0.2, 0) is 10.8 Å². The van der Waals surface area contributed by atoms with E-state index in [1.54, 1.807) is 0 Å². The Morgan fingerprint density at radius 3 is 2.12 bits per heavy atom. The van der Waals surface area contributed by atoms with Crippen LogP contribution < -0.4 is 14.6 Å². The third-order valence-corrected chi connectivity index (χ3v) is 15.7. The van der Waals surface area contributed by atoms with Crippen LogP contribution in [0.2, 0.25) is 36.9 Å². The van der Waals surface area contributed by atoms with Crippen molar-refractivity contribution in [3.8, 4) is 39.7 Å². The second kappa shape index (κ2) is 11.6. The van der Waals surface area contributed by atoms with Gasteiger partial charge >= 0.3 is 244 Å². The summed E-state index contributed by atoms with van der Waals surface area (Å²) >= 11 is -2.38. The molecule has 0 unspecified atom stereocenters. The Morgan fingerprint density at radius 1 is 0.673 bits per heavy atom. The summed E-state index contributed by atoms with van der Waals surface area (Å²) in [4.78, 5) is 15.8. The molecule has 52 heavy (non-hydrogen) atoms. The summed E-state index contributed by atoms with van der Waals surface area (Å²) in [6.45, 7) is 21.1. The molecule has 0 atom stereocenters. The van der Waals surface area contributed by atoms with E-state index < -0.39 is 21.3 Å². The van der Waals surface area contributed by atoms with Gasteiger partial charge in [-0.3, -0.25) is 0 Å². The van der Waals surface area contributed by atoms with Gasteiger partial charge in [-0.1, -0.05) is 41.5 Å². The standard InChI is InChI=1S/C45H50GeN4OSi/c1-44(2,3)28-24-33(47-39(25-28)45(4,5)6)27-22-35-40(38(23-27)52(10,11)12)30-16-13-14-18-34(30)50(35)29-20-21-36-31(26-29)42-41-32(17-15-19-37(41)51-36)48-43(49-42)46(7,8)9/h13-26H,1-12H3. The maximum atomic E-state index is 6.56. The Balaban J connectivity index is 1.44. The second-order valence-electron chi connectivity index (χ2n) is 18.7. The topological polar surface area (TPSA) is 52.8 Å². The van der Waals surface area contributed by atoms with Gasteiger partial charge in [0, 0.05) is 11.1 Å². The predicted molar refractivity (Wildman–Crippen MR) is 226 cm³/mol. The maximum absolute atomic E-state index is 6.56. The molecule has 1 aliphatic rings. The number of ether oxygens (including phenoxy) is 1. The first kappa shape index (κ1) is 34.8. The normalized spacial score (nSPS) is 13.5. The minimum Gasteiger partial charge on any atom is -0.0546 e. The van der Waals surface area contributed by atoms with E-state index in [4.69, 9.17) is 19.7 Å². The van der Waals surface area contributed by atoms with E-state index in [-0.39, 0.29) is 10.8 Å². The summed E-state index contributed by atoms with van der Waals surface area (Å²) in [6, 6.07) is 31.1. The monoisotopic (exact) mass is 764 g/mol. The fraction of sp³-hybridized carbons (Fsp3) is 0.311. The number of rotatable bonds is 4. The Morgan fingerprint density at radius 2 is 1.42 bits per heavy atom. The van der Waals surface area contributed by atoms with E-state index in [0.29, 0.717) is 0 Å². The molecule has 8 rings (SSSR count). The summed E-state index contributed by atoms with van der Waals surface area (Å²) in [6.07, 6.45) is 0. The molecule has 4 aromatic carbocycles. The molecule has 0 aliphatic carbocycles. The van der Waals surface area contributed by atoms with Crippen molar-refractivity contribution in [3.05, 3.63) is 96.2 Å². The van der Waals surface area contributed by atoms with Gasteiger partial charge in [-0.15, -0.1) is 0 Å². The smallest absolute Gasteiger partial charge is 0.0546 e. The average molecular weight is 764 g/mol.